The van der Waals surface area contributed by atoms with Gasteiger partial charge in [0.1, 0.15) is 0 Å². The highest BCUT2D eigenvalue weighted by Gasteiger charge is 2.02. The number of ether oxygens (including phenoxy) is 1. The first-order chi connectivity index (χ1) is 9.24. The SMILES string of the molecule is CCCCCCNC(=NC)NCC(=O)NCCOC.I. The summed E-state index contributed by atoms with van der Waals surface area (Å²) < 4.78 is 4.85. The van der Waals surface area contributed by atoms with Crippen molar-refractivity contribution in [3.63, 3.8) is 0 Å². The lowest BCUT2D eigenvalue weighted by atomic mass is 10.2. The highest BCUT2D eigenvalue weighted by molar-refractivity contribution is 14.0. The Balaban J connectivity index is 0. The Kier molecular flexibility index (Phi) is 17.9. The molecule has 0 radical (unpaired) electrons. The number of hydrogen-bond donors (Lipinski definition) is 3. The summed E-state index contributed by atoms with van der Waals surface area (Å²) >= 11 is 0. The third-order valence-corrected chi connectivity index (χ3v) is 2.59. The maximum Gasteiger partial charge on any atom is 0.239 e. The second-order valence-corrected chi connectivity index (χ2v) is 4.26. The molecule has 0 saturated carbocycles. The molecule has 0 atom stereocenters. The van der Waals surface area contributed by atoms with Crippen molar-refractivity contribution in [3.8, 4) is 0 Å². The highest BCUT2D eigenvalue weighted by Crippen LogP contribution is 1.96. The van der Waals surface area contributed by atoms with E-state index < -0.39 is 0 Å². The van der Waals surface area contributed by atoms with Crippen molar-refractivity contribution in [2.75, 3.05) is 40.4 Å². The van der Waals surface area contributed by atoms with Crippen molar-refractivity contribution in [2.45, 2.75) is 32.6 Å². The maximum absolute atomic E-state index is 11.4. The molecular formula is C13H29IN4O2. The van der Waals surface area contributed by atoms with Crippen LogP contribution < -0.4 is 16.0 Å². The molecule has 0 heterocycles. The van der Waals surface area contributed by atoms with Gasteiger partial charge in [0.15, 0.2) is 5.96 Å². The van der Waals surface area contributed by atoms with E-state index in [9.17, 15) is 4.79 Å². The van der Waals surface area contributed by atoms with Crippen LogP contribution in [0.25, 0.3) is 0 Å². The number of nitrogens with one attached hydrogen (secondary N) is 3. The largest absolute Gasteiger partial charge is 0.383 e. The molecule has 3 N–H and O–H groups in total. The molecule has 0 aliphatic carbocycles. The minimum absolute atomic E-state index is 0. The Bertz CT molecular complexity index is 263. The number of halogens is 1. The summed E-state index contributed by atoms with van der Waals surface area (Å²) in [5.74, 6) is 0.601. The van der Waals surface area contributed by atoms with Crippen molar-refractivity contribution >= 4 is 35.8 Å². The van der Waals surface area contributed by atoms with Crippen LogP contribution in [-0.2, 0) is 9.53 Å². The molecule has 0 aliphatic heterocycles. The normalized spacial score (nSPS) is 10.7. The summed E-state index contributed by atoms with van der Waals surface area (Å²) in [6.45, 7) is 4.34. The highest BCUT2D eigenvalue weighted by atomic mass is 127. The first-order valence-corrected chi connectivity index (χ1v) is 6.94. The van der Waals surface area contributed by atoms with E-state index in [0.717, 1.165) is 13.0 Å². The van der Waals surface area contributed by atoms with Crippen molar-refractivity contribution in [2.24, 2.45) is 4.99 Å². The lowest BCUT2D eigenvalue weighted by Gasteiger charge is -2.11. The van der Waals surface area contributed by atoms with Crippen molar-refractivity contribution < 1.29 is 9.53 Å². The number of guanidine groups is 1. The molecule has 0 fully saturated rings. The van der Waals surface area contributed by atoms with Crippen LogP contribution in [0.2, 0.25) is 0 Å². The molecule has 0 aromatic heterocycles. The van der Waals surface area contributed by atoms with Gasteiger partial charge < -0.3 is 20.7 Å². The minimum atomic E-state index is -0.0639. The first kappa shape index (κ1) is 21.7. The molecule has 120 valence electrons. The fourth-order valence-corrected chi connectivity index (χ4v) is 1.50. The Labute approximate surface area is 139 Å². The fraction of sp³-hybridized carbons (Fsp3) is 0.846. The van der Waals surface area contributed by atoms with Crippen molar-refractivity contribution in [3.05, 3.63) is 0 Å². The number of unbranched alkanes of at least 4 members (excludes halogenated alkanes) is 3. The van der Waals surface area contributed by atoms with Gasteiger partial charge in [0.05, 0.1) is 13.2 Å². The maximum atomic E-state index is 11.4. The van der Waals surface area contributed by atoms with E-state index in [4.69, 9.17) is 4.74 Å². The predicted octanol–water partition coefficient (Wildman–Crippen LogP) is 1.11. The first-order valence-electron chi connectivity index (χ1n) is 6.94. The molecule has 0 saturated heterocycles. The van der Waals surface area contributed by atoms with Gasteiger partial charge in [-0.05, 0) is 6.42 Å². The van der Waals surface area contributed by atoms with Crippen LogP contribution in [0, 0.1) is 0 Å². The summed E-state index contributed by atoms with van der Waals surface area (Å²) in [4.78, 5) is 15.5. The van der Waals surface area contributed by atoms with Crippen LogP contribution in [0.4, 0.5) is 0 Å². The number of hydrogen-bond acceptors (Lipinski definition) is 3. The number of carbonyl (C=O) groups excluding carboxylic acids is 1. The third kappa shape index (κ3) is 13.9. The van der Waals surface area contributed by atoms with Gasteiger partial charge in [-0.1, -0.05) is 26.2 Å². The Morgan fingerprint density at radius 1 is 1.10 bits per heavy atom. The van der Waals surface area contributed by atoms with Gasteiger partial charge in [-0.15, -0.1) is 24.0 Å². The molecule has 0 aromatic rings. The van der Waals surface area contributed by atoms with E-state index in [0.29, 0.717) is 19.1 Å². The summed E-state index contributed by atoms with van der Waals surface area (Å²) in [7, 11) is 3.30. The number of aliphatic imine (C=N–C) groups is 1. The Hall–Kier alpha value is -0.570. The lowest BCUT2D eigenvalue weighted by Crippen LogP contribution is -2.43. The standard InChI is InChI=1S/C13H28N4O2.HI/c1-4-5-6-7-8-16-13(14-2)17-11-12(18)15-9-10-19-3;/h4-11H2,1-3H3,(H,15,18)(H2,14,16,17);1H. The van der Waals surface area contributed by atoms with Crippen molar-refractivity contribution in [1.29, 1.82) is 0 Å². The molecule has 7 heteroatoms. The van der Waals surface area contributed by atoms with Gasteiger partial charge in [-0.25, -0.2) is 0 Å². The smallest absolute Gasteiger partial charge is 0.239 e. The van der Waals surface area contributed by atoms with Crippen LogP contribution in [0.15, 0.2) is 4.99 Å². The second kappa shape index (κ2) is 16.5. The number of rotatable bonds is 10. The summed E-state index contributed by atoms with van der Waals surface area (Å²) in [6.07, 6.45) is 4.83. The Morgan fingerprint density at radius 2 is 1.85 bits per heavy atom. The van der Waals surface area contributed by atoms with E-state index in [1.165, 1.54) is 19.3 Å². The van der Waals surface area contributed by atoms with Gasteiger partial charge in [-0.2, -0.15) is 0 Å². The monoisotopic (exact) mass is 400 g/mol. The summed E-state index contributed by atoms with van der Waals surface area (Å²) in [5, 5.41) is 8.90. The van der Waals surface area contributed by atoms with Crippen LogP contribution in [0.3, 0.4) is 0 Å². The van der Waals surface area contributed by atoms with Crippen LogP contribution >= 0.6 is 24.0 Å². The molecule has 0 aliphatic rings. The van der Waals surface area contributed by atoms with E-state index in [-0.39, 0.29) is 36.4 Å². The van der Waals surface area contributed by atoms with E-state index in [1.807, 2.05) is 0 Å². The number of amides is 1. The summed E-state index contributed by atoms with van der Waals surface area (Å²) in [5.41, 5.74) is 0. The van der Waals surface area contributed by atoms with Gasteiger partial charge in [0.2, 0.25) is 5.91 Å². The van der Waals surface area contributed by atoms with E-state index >= 15 is 0 Å². The Morgan fingerprint density at radius 3 is 2.45 bits per heavy atom. The quantitative estimate of drug-likeness (QED) is 0.222. The molecule has 20 heavy (non-hydrogen) atoms. The average molecular weight is 400 g/mol. The molecular weight excluding hydrogens is 371 g/mol. The fourth-order valence-electron chi connectivity index (χ4n) is 1.50. The predicted molar refractivity (Wildman–Crippen MR) is 93.8 cm³/mol. The van der Waals surface area contributed by atoms with Crippen LogP contribution in [-0.4, -0.2) is 52.3 Å². The zero-order valence-electron chi connectivity index (χ0n) is 12.8. The summed E-state index contributed by atoms with van der Waals surface area (Å²) in [6, 6.07) is 0. The molecule has 1 amide bonds. The topological polar surface area (TPSA) is 74.8 Å². The minimum Gasteiger partial charge on any atom is -0.383 e. The van der Waals surface area contributed by atoms with Crippen LogP contribution in [0.5, 0.6) is 0 Å². The molecule has 0 rings (SSSR count). The van der Waals surface area contributed by atoms with Gasteiger partial charge in [-0.3, -0.25) is 9.79 Å². The number of nitrogens with zero attached hydrogens (tertiary/aromatic N) is 1. The zero-order valence-corrected chi connectivity index (χ0v) is 15.2. The van der Waals surface area contributed by atoms with Gasteiger partial charge in [0, 0.05) is 27.2 Å². The van der Waals surface area contributed by atoms with E-state index in [1.54, 1.807) is 14.2 Å². The second-order valence-electron chi connectivity index (χ2n) is 4.26. The van der Waals surface area contributed by atoms with Gasteiger partial charge in [0.25, 0.3) is 0 Å². The average Bonchev–Trinajstić information content (AvgIpc) is 2.42. The van der Waals surface area contributed by atoms with Crippen LogP contribution in [0.1, 0.15) is 32.6 Å². The van der Waals surface area contributed by atoms with Crippen molar-refractivity contribution in [1.82, 2.24) is 16.0 Å². The molecule has 0 aromatic carbocycles. The molecule has 6 nitrogen and oxygen atoms in total. The number of carbonyl (C=O) groups is 1. The molecule has 0 bridgehead atoms. The number of methoxy groups -OCH3 is 1. The third-order valence-electron chi connectivity index (χ3n) is 2.59. The van der Waals surface area contributed by atoms with Gasteiger partial charge >= 0.3 is 0 Å². The van der Waals surface area contributed by atoms with E-state index in [2.05, 4.69) is 27.9 Å². The zero-order chi connectivity index (χ0) is 14.3. The molecule has 0 spiro atoms. The lowest BCUT2D eigenvalue weighted by molar-refractivity contribution is -0.120. The molecule has 0 unspecified atom stereocenters.